The minimum Gasteiger partial charge on any atom is -0.481 e. The predicted octanol–water partition coefficient (Wildman–Crippen LogP) is 0.211. The smallest absolute Gasteiger partial charge is 0.305 e. The molecule has 0 aromatic rings. The van der Waals surface area contributed by atoms with Gasteiger partial charge < -0.3 is 15.7 Å². The van der Waals surface area contributed by atoms with Gasteiger partial charge in [-0.2, -0.15) is 0 Å². The van der Waals surface area contributed by atoms with E-state index in [1.165, 1.54) is 0 Å². The standard InChI is InChI=1S/C10H20N2O3/c1-4-11-6-9(13)12-8(7(2)3)5-10(14)15/h7-8,11H,4-6H2,1-3H3,(H,12,13)(H,14,15). The molecule has 0 aliphatic carbocycles. The van der Waals surface area contributed by atoms with E-state index >= 15 is 0 Å². The maximum atomic E-state index is 11.3. The maximum absolute atomic E-state index is 11.3. The first-order chi connectivity index (χ1) is 6.97. The lowest BCUT2D eigenvalue weighted by molar-refractivity contribution is -0.138. The van der Waals surface area contributed by atoms with Gasteiger partial charge in [0.25, 0.3) is 0 Å². The second kappa shape index (κ2) is 7.23. The van der Waals surface area contributed by atoms with Crippen LogP contribution in [0.3, 0.4) is 0 Å². The molecule has 5 heteroatoms. The highest BCUT2D eigenvalue weighted by molar-refractivity contribution is 5.79. The van der Waals surface area contributed by atoms with Gasteiger partial charge in [0, 0.05) is 6.04 Å². The van der Waals surface area contributed by atoms with Gasteiger partial charge in [0.15, 0.2) is 0 Å². The van der Waals surface area contributed by atoms with Crippen LogP contribution in [0.15, 0.2) is 0 Å². The van der Waals surface area contributed by atoms with Crippen molar-refractivity contribution in [2.45, 2.75) is 33.2 Å². The lowest BCUT2D eigenvalue weighted by Crippen LogP contribution is -2.44. The highest BCUT2D eigenvalue weighted by Gasteiger charge is 2.18. The Labute approximate surface area is 90.2 Å². The van der Waals surface area contributed by atoms with Crippen LogP contribution in [0.4, 0.5) is 0 Å². The van der Waals surface area contributed by atoms with Crippen LogP contribution >= 0.6 is 0 Å². The summed E-state index contributed by atoms with van der Waals surface area (Å²) in [5.74, 6) is -0.930. The molecular formula is C10H20N2O3. The van der Waals surface area contributed by atoms with E-state index in [-0.39, 0.29) is 30.8 Å². The third-order valence-corrected chi connectivity index (χ3v) is 2.08. The average molecular weight is 216 g/mol. The summed E-state index contributed by atoms with van der Waals surface area (Å²) in [5, 5.41) is 14.2. The van der Waals surface area contributed by atoms with Crippen molar-refractivity contribution in [1.29, 1.82) is 0 Å². The Hall–Kier alpha value is -1.10. The van der Waals surface area contributed by atoms with Crippen LogP contribution in [0.2, 0.25) is 0 Å². The molecule has 3 N–H and O–H groups in total. The third kappa shape index (κ3) is 6.90. The molecule has 0 aromatic carbocycles. The summed E-state index contributed by atoms with van der Waals surface area (Å²) < 4.78 is 0. The van der Waals surface area contributed by atoms with Gasteiger partial charge in [-0.1, -0.05) is 20.8 Å². The van der Waals surface area contributed by atoms with Crippen molar-refractivity contribution in [3.63, 3.8) is 0 Å². The van der Waals surface area contributed by atoms with Gasteiger partial charge in [-0.05, 0) is 12.5 Å². The summed E-state index contributed by atoms with van der Waals surface area (Å²) in [6, 6.07) is -0.298. The quantitative estimate of drug-likeness (QED) is 0.568. The zero-order valence-corrected chi connectivity index (χ0v) is 9.54. The molecule has 0 radical (unpaired) electrons. The van der Waals surface area contributed by atoms with E-state index in [4.69, 9.17) is 5.11 Å². The number of likely N-dealkylation sites (N-methyl/N-ethyl adjacent to an activating group) is 1. The lowest BCUT2D eigenvalue weighted by atomic mass is 10.0. The first-order valence-corrected chi connectivity index (χ1v) is 5.19. The molecule has 1 unspecified atom stereocenters. The van der Waals surface area contributed by atoms with Gasteiger partial charge in [0.05, 0.1) is 13.0 Å². The minimum absolute atomic E-state index is 0.0322. The van der Waals surface area contributed by atoms with Crippen LogP contribution in [0.25, 0.3) is 0 Å². The molecule has 0 aliphatic heterocycles. The van der Waals surface area contributed by atoms with E-state index in [0.717, 1.165) is 6.54 Å². The lowest BCUT2D eigenvalue weighted by Gasteiger charge is -2.20. The van der Waals surface area contributed by atoms with E-state index < -0.39 is 5.97 Å². The molecule has 0 fully saturated rings. The number of amides is 1. The highest BCUT2D eigenvalue weighted by Crippen LogP contribution is 2.05. The normalized spacial score (nSPS) is 12.5. The molecule has 0 aliphatic rings. The Balaban J connectivity index is 4.04. The van der Waals surface area contributed by atoms with Crippen molar-refractivity contribution in [1.82, 2.24) is 10.6 Å². The zero-order chi connectivity index (χ0) is 11.8. The highest BCUT2D eigenvalue weighted by atomic mass is 16.4. The molecule has 0 rings (SSSR count). The van der Waals surface area contributed by atoms with E-state index in [0.29, 0.717) is 0 Å². The number of aliphatic carboxylic acids is 1. The van der Waals surface area contributed by atoms with Crippen molar-refractivity contribution >= 4 is 11.9 Å². The van der Waals surface area contributed by atoms with Crippen LogP contribution < -0.4 is 10.6 Å². The minimum atomic E-state index is -0.891. The van der Waals surface area contributed by atoms with E-state index in [1.54, 1.807) is 0 Å². The summed E-state index contributed by atoms with van der Waals surface area (Å²) in [6.07, 6.45) is -0.0322. The van der Waals surface area contributed by atoms with Crippen molar-refractivity contribution in [3.05, 3.63) is 0 Å². The van der Waals surface area contributed by atoms with Gasteiger partial charge in [-0.15, -0.1) is 0 Å². The third-order valence-electron chi connectivity index (χ3n) is 2.08. The topological polar surface area (TPSA) is 78.4 Å². The van der Waals surface area contributed by atoms with Gasteiger partial charge in [-0.3, -0.25) is 9.59 Å². The molecule has 0 heterocycles. The van der Waals surface area contributed by atoms with Crippen molar-refractivity contribution in [3.8, 4) is 0 Å². The Kier molecular flexibility index (Phi) is 6.70. The van der Waals surface area contributed by atoms with Gasteiger partial charge in [0.1, 0.15) is 0 Å². The number of rotatable bonds is 7. The maximum Gasteiger partial charge on any atom is 0.305 e. The predicted molar refractivity (Wildman–Crippen MR) is 57.6 cm³/mol. The molecule has 15 heavy (non-hydrogen) atoms. The summed E-state index contributed by atoms with van der Waals surface area (Å²) in [5.41, 5.74) is 0. The molecule has 5 nitrogen and oxygen atoms in total. The number of carboxylic acid groups (broad SMARTS) is 1. The second-order valence-electron chi connectivity index (χ2n) is 3.80. The average Bonchev–Trinajstić information content (AvgIpc) is 2.12. The van der Waals surface area contributed by atoms with Crippen LogP contribution in [-0.2, 0) is 9.59 Å². The SMILES string of the molecule is CCNCC(=O)NC(CC(=O)O)C(C)C. The Bertz CT molecular complexity index is 217. The molecule has 0 aromatic heterocycles. The van der Waals surface area contributed by atoms with Gasteiger partial charge in [0.2, 0.25) is 5.91 Å². The van der Waals surface area contributed by atoms with Crippen molar-refractivity contribution in [2.24, 2.45) is 5.92 Å². The van der Waals surface area contributed by atoms with E-state index in [9.17, 15) is 9.59 Å². The molecule has 0 saturated heterocycles. The second-order valence-corrected chi connectivity index (χ2v) is 3.80. The van der Waals surface area contributed by atoms with Crippen LogP contribution in [-0.4, -0.2) is 36.1 Å². The number of carbonyl (C=O) groups is 2. The molecular weight excluding hydrogens is 196 g/mol. The number of carboxylic acids is 1. The number of nitrogens with one attached hydrogen (secondary N) is 2. The Morgan fingerprint density at radius 1 is 1.33 bits per heavy atom. The van der Waals surface area contributed by atoms with Crippen LogP contribution in [0.1, 0.15) is 27.2 Å². The fourth-order valence-corrected chi connectivity index (χ4v) is 1.14. The summed E-state index contributed by atoms with van der Waals surface area (Å²) in [4.78, 5) is 21.9. The molecule has 1 amide bonds. The number of hydrogen-bond acceptors (Lipinski definition) is 3. The van der Waals surface area contributed by atoms with Crippen molar-refractivity contribution in [2.75, 3.05) is 13.1 Å². The molecule has 0 spiro atoms. The van der Waals surface area contributed by atoms with E-state index in [1.807, 2.05) is 20.8 Å². The fraction of sp³-hybridized carbons (Fsp3) is 0.800. The Morgan fingerprint density at radius 3 is 2.33 bits per heavy atom. The monoisotopic (exact) mass is 216 g/mol. The van der Waals surface area contributed by atoms with Crippen LogP contribution in [0.5, 0.6) is 0 Å². The van der Waals surface area contributed by atoms with E-state index in [2.05, 4.69) is 10.6 Å². The molecule has 1 atom stereocenters. The summed E-state index contributed by atoms with van der Waals surface area (Å²) >= 11 is 0. The van der Waals surface area contributed by atoms with Crippen molar-refractivity contribution < 1.29 is 14.7 Å². The zero-order valence-electron chi connectivity index (χ0n) is 9.54. The first kappa shape index (κ1) is 13.9. The number of carbonyl (C=O) groups excluding carboxylic acids is 1. The number of hydrogen-bond donors (Lipinski definition) is 3. The fourth-order valence-electron chi connectivity index (χ4n) is 1.14. The molecule has 0 saturated carbocycles. The summed E-state index contributed by atoms with van der Waals surface area (Å²) in [6.45, 7) is 6.64. The first-order valence-electron chi connectivity index (χ1n) is 5.19. The van der Waals surface area contributed by atoms with Gasteiger partial charge >= 0.3 is 5.97 Å². The van der Waals surface area contributed by atoms with Crippen LogP contribution in [0, 0.1) is 5.92 Å². The largest absolute Gasteiger partial charge is 0.481 e. The Morgan fingerprint density at radius 2 is 1.93 bits per heavy atom. The van der Waals surface area contributed by atoms with Gasteiger partial charge in [-0.25, -0.2) is 0 Å². The molecule has 0 bridgehead atoms. The summed E-state index contributed by atoms with van der Waals surface area (Å²) in [7, 11) is 0. The molecule has 88 valence electrons.